The zero-order valence-corrected chi connectivity index (χ0v) is 9.00. The van der Waals surface area contributed by atoms with Crippen molar-refractivity contribution in [3.05, 3.63) is 53.8 Å². The molecule has 0 aromatic heterocycles. The van der Waals surface area contributed by atoms with Crippen molar-refractivity contribution < 1.29 is 22.7 Å². The van der Waals surface area contributed by atoms with Crippen LogP contribution in [0.3, 0.4) is 0 Å². The van der Waals surface area contributed by atoms with Gasteiger partial charge in [-0.1, -0.05) is 18.2 Å². The summed E-state index contributed by atoms with van der Waals surface area (Å²) in [5.74, 6) is -0.996. The lowest BCUT2D eigenvalue weighted by Gasteiger charge is -2.09. The van der Waals surface area contributed by atoms with E-state index in [-0.39, 0.29) is 16.9 Å². The van der Waals surface area contributed by atoms with E-state index in [1.54, 1.807) is 0 Å². The molecule has 0 heterocycles. The molecule has 18 heavy (non-hydrogen) atoms. The predicted molar refractivity (Wildman–Crippen MR) is 58.5 cm³/mol. The van der Waals surface area contributed by atoms with E-state index in [1.165, 1.54) is 12.1 Å². The van der Waals surface area contributed by atoms with Gasteiger partial charge in [0.15, 0.2) is 0 Å². The van der Waals surface area contributed by atoms with E-state index in [2.05, 4.69) is 0 Å². The zero-order valence-electron chi connectivity index (χ0n) is 9.00. The summed E-state index contributed by atoms with van der Waals surface area (Å²) < 4.78 is 50.6. The van der Waals surface area contributed by atoms with Crippen LogP contribution in [0.15, 0.2) is 42.5 Å². The van der Waals surface area contributed by atoms with Gasteiger partial charge in [0.05, 0.1) is 11.1 Å². The van der Waals surface area contributed by atoms with Gasteiger partial charge in [0.2, 0.25) is 0 Å². The maximum atomic E-state index is 13.5. The molecule has 0 aliphatic rings. The van der Waals surface area contributed by atoms with Gasteiger partial charge >= 0.3 is 6.18 Å². The molecule has 2 aromatic carbocycles. The zero-order chi connectivity index (χ0) is 13.3. The van der Waals surface area contributed by atoms with Crippen LogP contribution >= 0.6 is 0 Å². The highest BCUT2D eigenvalue weighted by molar-refractivity contribution is 5.70. The molecule has 1 N–H and O–H groups in total. The smallest absolute Gasteiger partial charge is 0.416 e. The third-order valence-corrected chi connectivity index (χ3v) is 2.49. The lowest BCUT2D eigenvalue weighted by atomic mass is 10.0. The molecule has 2 rings (SSSR count). The summed E-state index contributed by atoms with van der Waals surface area (Å²) in [7, 11) is 0. The van der Waals surface area contributed by atoms with Crippen molar-refractivity contribution in [3.8, 4) is 16.9 Å². The number of halogens is 4. The summed E-state index contributed by atoms with van der Waals surface area (Å²) in [5.41, 5.74) is -0.730. The first-order valence-corrected chi connectivity index (χ1v) is 5.04. The number of alkyl halides is 3. The fraction of sp³-hybridized carbons (Fsp3) is 0.0769. The second-order valence-corrected chi connectivity index (χ2v) is 3.71. The lowest BCUT2D eigenvalue weighted by molar-refractivity contribution is -0.137. The van der Waals surface area contributed by atoms with E-state index in [0.717, 1.165) is 30.3 Å². The Labute approximate surface area is 100 Å². The van der Waals surface area contributed by atoms with Crippen LogP contribution < -0.4 is 0 Å². The van der Waals surface area contributed by atoms with Gasteiger partial charge in [0, 0.05) is 0 Å². The van der Waals surface area contributed by atoms with Crippen molar-refractivity contribution in [1.82, 2.24) is 0 Å². The molecular weight excluding hydrogens is 248 g/mol. The second-order valence-electron chi connectivity index (χ2n) is 3.71. The number of rotatable bonds is 1. The minimum Gasteiger partial charge on any atom is -0.507 e. The molecule has 0 radical (unpaired) electrons. The van der Waals surface area contributed by atoms with Crippen LogP contribution in [0, 0.1) is 5.82 Å². The van der Waals surface area contributed by atoms with Crippen molar-refractivity contribution in [2.75, 3.05) is 0 Å². The van der Waals surface area contributed by atoms with E-state index in [1.807, 2.05) is 0 Å². The molecule has 5 heteroatoms. The second kappa shape index (κ2) is 4.33. The van der Waals surface area contributed by atoms with Crippen LogP contribution in [0.25, 0.3) is 11.1 Å². The van der Waals surface area contributed by atoms with Crippen molar-refractivity contribution in [2.45, 2.75) is 6.18 Å². The summed E-state index contributed by atoms with van der Waals surface area (Å²) in [4.78, 5) is 0. The molecule has 2 aromatic rings. The number of benzene rings is 2. The molecule has 0 spiro atoms. The number of hydrogen-bond acceptors (Lipinski definition) is 1. The molecule has 0 unspecified atom stereocenters. The molecule has 0 atom stereocenters. The highest BCUT2D eigenvalue weighted by Gasteiger charge is 2.30. The summed E-state index contributed by atoms with van der Waals surface area (Å²) in [6, 6.07) is 7.67. The summed E-state index contributed by atoms with van der Waals surface area (Å²) in [6.45, 7) is 0. The minimum absolute atomic E-state index is 0.105. The fourth-order valence-electron chi connectivity index (χ4n) is 1.62. The molecule has 1 nitrogen and oxygen atoms in total. The van der Waals surface area contributed by atoms with Crippen LogP contribution in [-0.2, 0) is 6.18 Å². The Hall–Kier alpha value is -2.04. The number of phenols is 1. The largest absolute Gasteiger partial charge is 0.507 e. The number of aromatic hydroxyl groups is 1. The highest BCUT2D eigenvalue weighted by Crippen LogP contribution is 2.34. The van der Waals surface area contributed by atoms with E-state index >= 15 is 0 Å². The Morgan fingerprint density at radius 3 is 2.00 bits per heavy atom. The quantitative estimate of drug-likeness (QED) is 0.757. The van der Waals surface area contributed by atoms with E-state index < -0.39 is 17.6 Å². The van der Waals surface area contributed by atoms with E-state index in [4.69, 9.17) is 0 Å². The Morgan fingerprint density at radius 1 is 0.889 bits per heavy atom. The van der Waals surface area contributed by atoms with Crippen LogP contribution in [0.5, 0.6) is 5.75 Å². The van der Waals surface area contributed by atoms with Gasteiger partial charge < -0.3 is 5.11 Å². The molecule has 94 valence electrons. The molecule has 0 amide bonds. The maximum Gasteiger partial charge on any atom is 0.416 e. The van der Waals surface area contributed by atoms with Gasteiger partial charge in [-0.2, -0.15) is 13.2 Å². The topological polar surface area (TPSA) is 20.2 Å². The predicted octanol–water partition coefficient (Wildman–Crippen LogP) is 4.22. The molecule has 0 aliphatic heterocycles. The molecule has 0 aliphatic carbocycles. The van der Waals surface area contributed by atoms with E-state index in [9.17, 15) is 22.7 Å². The number of hydrogen-bond donors (Lipinski definition) is 1. The minimum atomic E-state index is -4.43. The molecule has 0 saturated heterocycles. The van der Waals surface area contributed by atoms with Crippen molar-refractivity contribution in [1.29, 1.82) is 0 Å². The average molecular weight is 256 g/mol. The summed E-state index contributed by atoms with van der Waals surface area (Å²) in [5, 5.41) is 9.51. The Balaban J connectivity index is 2.47. The van der Waals surface area contributed by atoms with Crippen molar-refractivity contribution in [2.24, 2.45) is 0 Å². The highest BCUT2D eigenvalue weighted by atomic mass is 19.4. The Morgan fingerprint density at radius 2 is 1.50 bits per heavy atom. The van der Waals surface area contributed by atoms with Crippen molar-refractivity contribution in [3.63, 3.8) is 0 Å². The molecule has 0 fully saturated rings. The van der Waals surface area contributed by atoms with Gasteiger partial charge in [0.25, 0.3) is 0 Å². The summed E-state index contributed by atoms with van der Waals surface area (Å²) in [6.07, 6.45) is -4.43. The standard InChI is InChI=1S/C13H8F4O/c14-10-2-1-3-11(18)12(10)8-4-6-9(7-5-8)13(15,16)17/h1-7,18H. The Bertz CT molecular complexity index is 538. The van der Waals surface area contributed by atoms with Crippen molar-refractivity contribution >= 4 is 0 Å². The van der Waals surface area contributed by atoms with Gasteiger partial charge in [0.1, 0.15) is 11.6 Å². The fourth-order valence-corrected chi connectivity index (χ4v) is 1.62. The first kappa shape index (κ1) is 12.4. The molecule has 0 bridgehead atoms. The van der Waals surface area contributed by atoms with Crippen LogP contribution in [0.1, 0.15) is 5.56 Å². The monoisotopic (exact) mass is 256 g/mol. The third-order valence-electron chi connectivity index (χ3n) is 2.49. The van der Waals surface area contributed by atoms with Gasteiger partial charge in [-0.05, 0) is 29.8 Å². The molecular formula is C13H8F4O. The third kappa shape index (κ3) is 2.30. The van der Waals surface area contributed by atoms with Gasteiger partial charge in [-0.3, -0.25) is 0 Å². The summed E-state index contributed by atoms with van der Waals surface area (Å²) >= 11 is 0. The van der Waals surface area contributed by atoms with Crippen LogP contribution in [-0.4, -0.2) is 5.11 Å². The Kier molecular flexibility index (Phi) is 2.98. The SMILES string of the molecule is Oc1cccc(F)c1-c1ccc(C(F)(F)F)cc1. The lowest BCUT2D eigenvalue weighted by Crippen LogP contribution is -2.04. The van der Waals surface area contributed by atoms with Crippen LogP contribution in [0.2, 0.25) is 0 Å². The maximum absolute atomic E-state index is 13.5. The van der Waals surface area contributed by atoms with E-state index in [0.29, 0.717) is 0 Å². The molecule has 0 saturated carbocycles. The average Bonchev–Trinajstić information content (AvgIpc) is 2.28. The number of phenolic OH excluding ortho intramolecular Hbond substituents is 1. The van der Waals surface area contributed by atoms with Crippen LogP contribution in [0.4, 0.5) is 17.6 Å². The van der Waals surface area contributed by atoms with Gasteiger partial charge in [-0.15, -0.1) is 0 Å². The van der Waals surface area contributed by atoms with Gasteiger partial charge in [-0.25, -0.2) is 4.39 Å². The first-order valence-electron chi connectivity index (χ1n) is 5.04. The normalized spacial score (nSPS) is 11.6. The first-order chi connectivity index (χ1) is 8.39.